The van der Waals surface area contributed by atoms with Crippen LogP contribution < -0.4 is 0 Å². The minimum Gasteiger partial charge on any atom is -0.467 e. The van der Waals surface area contributed by atoms with E-state index in [0.29, 0.717) is 13.0 Å². The van der Waals surface area contributed by atoms with Crippen molar-refractivity contribution < 1.29 is 53.0 Å². The zero-order valence-corrected chi connectivity index (χ0v) is 29.8. The van der Waals surface area contributed by atoms with Crippen molar-refractivity contribution in [1.29, 1.82) is 5.41 Å². The van der Waals surface area contributed by atoms with E-state index in [-0.39, 0.29) is 67.8 Å². The largest absolute Gasteiger partial charge is 0.467 e. The minimum atomic E-state index is -1.54. The smallest absolute Gasteiger partial charge is 0.344 e. The van der Waals surface area contributed by atoms with Gasteiger partial charge in [-0.3, -0.25) is 15.0 Å². The Morgan fingerprint density at radius 3 is 2.52 bits per heavy atom. The summed E-state index contributed by atoms with van der Waals surface area (Å²) >= 11 is 0. The molecule has 0 amide bonds. The third kappa shape index (κ3) is 14.2. The number of esters is 3. The van der Waals surface area contributed by atoms with Crippen molar-refractivity contribution in [2.75, 3.05) is 19.8 Å². The highest BCUT2D eigenvalue weighted by Crippen LogP contribution is 2.36. The van der Waals surface area contributed by atoms with Crippen molar-refractivity contribution in [1.82, 2.24) is 0 Å². The Morgan fingerprint density at radius 2 is 1.88 bits per heavy atom. The number of rotatable bonds is 15. The second-order valence-electron chi connectivity index (χ2n) is 13.2. The van der Waals surface area contributed by atoms with E-state index < -0.39 is 48.4 Å². The van der Waals surface area contributed by atoms with Crippen LogP contribution >= 0.6 is 0 Å². The van der Waals surface area contributed by atoms with Crippen LogP contribution in [0.2, 0.25) is 0 Å². The third-order valence-electron chi connectivity index (χ3n) is 8.71. The summed E-state index contributed by atoms with van der Waals surface area (Å²) in [5.41, 5.74) is -0.784. The molecule has 2 aliphatic heterocycles. The first-order valence-corrected chi connectivity index (χ1v) is 17.0. The first kappa shape index (κ1) is 41.1. The summed E-state index contributed by atoms with van der Waals surface area (Å²) in [5.74, 6) is -2.27. The van der Waals surface area contributed by atoms with Gasteiger partial charge in [-0.25, -0.2) is 4.79 Å². The number of nitrogens with one attached hydrogen (secondary N) is 1. The van der Waals surface area contributed by atoms with Gasteiger partial charge in [-0.05, 0) is 64.0 Å². The van der Waals surface area contributed by atoms with Crippen molar-refractivity contribution in [3.63, 3.8) is 0 Å². The molecule has 3 N–H and O–H groups in total. The minimum absolute atomic E-state index is 0.0337. The molecule has 1 saturated heterocycles. The molecule has 272 valence electrons. The Bertz CT molecular complexity index is 1160. The highest BCUT2D eigenvalue weighted by molar-refractivity contribution is 5.79. The number of ether oxygens (including phenoxy) is 6. The van der Waals surface area contributed by atoms with E-state index >= 15 is 0 Å². The number of carbonyl (C=O) groups is 3. The topological polar surface area (TPSA) is 174 Å². The van der Waals surface area contributed by atoms with E-state index in [1.807, 2.05) is 39.8 Å². The Morgan fingerprint density at radius 1 is 1.17 bits per heavy atom. The zero-order valence-electron chi connectivity index (χ0n) is 29.8. The van der Waals surface area contributed by atoms with E-state index in [2.05, 4.69) is 13.0 Å². The van der Waals surface area contributed by atoms with Crippen molar-refractivity contribution >= 4 is 23.8 Å². The molecule has 12 nitrogen and oxygen atoms in total. The molecule has 10 atom stereocenters. The first-order valence-electron chi connectivity index (χ1n) is 17.0. The molecule has 0 saturated carbocycles. The summed E-state index contributed by atoms with van der Waals surface area (Å²) in [4.78, 5) is 37.8. The predicted octanol–water partition coefficient (Wildman–Crippen LogP) is 4.60. The van der Waals surface area contributed by atoms with Gasteiger partial charge < -0.3 is 38.6 Å². The first-order chi connectivity index (χ1) is 22.6. The van der Waals surface area contributed by atoms with Gasteiger partial charge in [-0.1, -0.05) is 52.0 Å². The van der Waals surface area contributed by atoms with Gasteiger partial charge in [0.15, 0.2) is 6.61 Å². The Kier molecular flexibility index (Phi) is 17.0. The van der Waals surface area contributed by atoms with Crippen LogP contribution in [0.15, 0.2) is 36.0 Å². The number of aliphatic hydroxyl groups excluding tert-OH is 1. The van der Waals surface area contributed by atoms with E-state index in [1.54, 1.807) is 19.1 Å². The number of carbonyl (C=O) groups excluding carboxylic acids is 3. The molecular formula is C36H57NO11. The van der Waals surface area contributed by atoms with Gasteiger partial charge in [0.25, 0.3) is 0 Å². The van der Waals surface area contributed by atoms with E-state index in [1.165, 1.54) is 13.8 Å². The lowest BCUT2D eigenvalue weighted by Crippen LogP contribution is -2.42. The van der Waals surface area contributed by atoms with Crippen molar-refractivity contribution in [2.45, 2.75) is 130 Å². The third-order valence-corrected chi connectivity index (χ3v) is 8.71. The lowest BCUT2D eigenvalue weighted by Gasteiger charge is -2.33. The van der Waals surface area contributed by atoms with Gasteiger partial charge in [0.2, 0.25) is 5.90 Å². The fraction of sp³-hybridized carbons (Fsp3) is 0.722. The van der Waals surface area contributed by atoms with Gasteiger partial charge in [0.05, 0.1) is 24.7 Å². The quantitative estimate of drug-likeness (QED) is 0.0420. The fourth-order valence-corrected chi connectivity index (χ4v) is 5.66. The molecule has 48 heavy (non-hydrogen) atoms. The van der Waals surface area contributed by atoms with E-state index in [0.717, 1.165) is 12.0 Å². The molecule has 2 heterocycles. The number of cyclic esters (lactones) is 1. The molecule has 0 aromatic heterocycles. The number of aliphatic hydroxyl groups is 2. The lowest BCUT2D eigenvalue weighted by molar-refractivity contribution is -0.162. The van der Waals surface area contributed by atoms with Crippen LogP contribution in [0.5, 0.6) is 0 Å². The molecule has 0 aromatic carbocycles. The molecule has 2 aliphatic rings. The number of allylic oxidation sites excluding steroid dienone is 3. The monoisotopic (exact) mass is 679 g/mol. The summed E-state index contributed by atoms with van der Waals surface area (Å²) in [6.45, 7) is 14.1. The lowest BCUT2D eigenvalue weighted by atomic mass is 9.88. The fourth-order valence-electron chi connectivity index (χ4n) is 5.66. The van der Waals surface area contributed by atoms with E-state index in [9.17, 15) is 24.6 Å². The molecule has 0 bridgehead atoms. The normalized spacial score (nSPS) is 31.0. The maximum atomic E-state index is 13.2. The van der Waals surface area contributed by atoms with Crippen molar-refractivity contribution in [3.8, 4) is 0 Å². The van der Waals surface area contributed by atoms with Gasteiger partial charge in [-0.15, -0.1) is 0 Å². The second-order valence-corrected chi connectivity index (χ2v) is 13.2. The molecule has 0 spiro atoms. The predicted molar refractivity (Wildman–Crippen MR) is 179 cm³/mol. The highest BCUT2D eigenvalue weighted by atomic mass is 16.6. The molecule has 10 unspecified atom stereocenters. The van der Waals surface area contributed by atoms with Crippen LogP contribution in [0, 0.1) is 23.2 Å². The van der Waals surface area contributed by atoms with Gasteiger partial charge in [0.1, 0.15) is 30.5 Å². The van der Waals surface area contributed by atoms with Crippen LogP contribution in [0.25, 0.3) is 0 Å². The van der Waals surface area contributed by atoms with Crippen LogP contribution in [0.1, 0.15) is 87.5 Å². The molecule has 0 aromatic rings. The number of hydrogen-bond donors (Lipinski definition) is 3. The molecule has 12 heteroatoms. The van der Waals surface area contributed by atoms with Crippen LogP contribution in [0.3, 0.4) is 0 Å². The standard InChI is InChI=1S/C36H57NO11/c1-9-28(39)25(6)35-29(47-35)18-22(3)12-11-13-23(4)34-24(5)14-15-30(45-26(7)38)36(8,42)17-16-27(19-32(40)48-34)46-33(41)21-44-31(37)20-43-10-2/h11-15,22,24-25,27-30,34-35,37,39,42H,9-10,16-21H2,1-8H3/b12-11+,15-14+,23-13+,37-31?. The van der Waals surface area contributed by atoms with Crippen LogP contribution in [-0.4, -0.2) is 96.1 Å². The number of epoxide rings is 1. The van der Waals surface area contributed by atoms with Crippen molar-refractivity contribution in [2.24, 2.45) is 17.8 Å². The second kappa shape index (κ2) is 19.8. The molecule has 2 rings (SSSR count). The van der Waals surface area contributed by atoms with E-state index in [4.69, 9.17) is 33.8 Å². The zero-order chi connectivity index (χ0) is 36.0. The molecule has 0 radical (unpaired) electrons. The summed E-state index contributed by atoms with van der Waals surface area (Å²) in [7, 11) is 0. The molecular weight excluding hydrogens is 622 g/mol. The summed E-state index contributed by atoms with van der Waals surface area (Å²) in [5, 5.41) is 29.2. The summed E-state index contributed by atoms with van der Waals surface area (Å²) in [6.07, 6.45) is 7.66. The molecule has 1 fully saturated rings. The average Bonchev–Trinajstić information content (AvgIpc) is 3.79. The summed E-state index contributed by atoms with van der Waals surface area (Å²) < 4.78 is 33.0. The highest BCUT2D eigenvalue weighted by Gasteiger charge is 2.45. The average molecular weight is 680 g/mol. The van der Waals surface area contributed by atoms with Gasteiger partial charge in [0, 0.05) is 25.4 Å². The van der Waals surface area contributed by atoms with Crippen LogP contribution in [0.4, 0.5) is 0 Å². The van der Waals surface area contributed by atoms with Crippen LogP contribution in [-0.2, 0) is 42.8 Å². The Hall–Kier alpha value is -3.06. The maximum Gasteiger partial charge on any atom is 0.344 e. The maximum absolute atomic E-state index is 13.2. The summed E-state index contributed by atoms with van der Waals surface area (Å²) in [6, 6.07) is 0. The van der Waals surface area contributed by atoms with Crippen molar-refractivity contribution in [3.05, 3.63) is 36.0 Å². The van der Waals surface area contributed by atoms with Gasteiger partial charge >= 0.3 is 17.9 Å². The number of hydrogen-bond acceptors (Lipinski definition) is 12. The molecule has 0 aliphatic carbocycles. The SMILES string of the molecule is CCOCC(=N)OCC(=O)OC1CCC(C)(O)C(OC(C)=O)/C=C/C(C)C(/C(C)=C/C=C/C(C)CC2OC2C(C)C(O)CC)OC(=O)C1. The Labute approximate surface area is 285 Å². The van der Waals surface area contributed by atoms with Gasteiger partial charge in [-0.2, -0.15) is 0 Å². The Balaban J connectivity index is 2.21.